The van der Waals surface area contributed by atoms with Crippen molar-refractivity contribution < 1.29 is 13.2 Å². The summed E-state index contributed by atoms with van der Waals surface area (Å²) in [5, 5.41) is -1.35. The number of alkyl halides is 3. The van der Waals surface area contributed by atoms with Gasteiger partial charge in [-0.05, 0) is 25.5 Å². The maximum absolute atomic E-state index is 12.1. The van der Waals surface area contributed by atoms with Crippen LogP contribution in [0.2, 0.25) is 0 Å². The molecule has 0 aliphatic carbocycles. The van der Waals surface area contributed by atoms with E-state index >= 15 is 0 Å². The Morgan fingerprint density at radius 1 is 1.27 bits per heavy atom. The second kappa shape index (κ2) is 4.23. The van der Waals surface area contributed by atoms with Crippen molar-refractivity contribution in [2.75, 3.05) is 0 Å². The molecule has 0 aliphatic rings. The van der Waals surface area contributed by atoms with Gasteiger partial charge in [0, 0.05) is 0 Å². The van der Waals surface area contributed by atoms with Crippen molar-refractivity contribution in [3.8, 4) is 0 Å². The molecule has 1 aromatic carbocycles. The monoisotopic (exact) mass is 235 g/mol. The topological polar surface area (TPSA) is 12.4 Å². The summed E-state index contributed by atoms with van der Waals surface area (Å²) < 4.78 is 36.2. The Morgan fingerprint density at radius 3 is 2.33 bits per heavy atom. The van der Waals surface area contributed by atoms with Gasteiger partial charge in [-0.3, -0.25) is 0 Å². The number of hydrogen-bond acceptors (Lipinski definition) is 1. The number of aliphatic imine (C=N–C) groups is 1. The SMILES string of the molecule is Cc1ccc(N=C(Cl)C(F)(F)F)c(C)c1. The summed E-state index contributed by atoms with van der Waals surface area (Å²) in [5.74, 6) is 0. The number of benzene rings is 1. The molecule has 0 atom stereocenters. The lowest BCUT2D eigenvalue weighted by molar-refractivity contribution is -0.0558. The van der Waals surface area contributed by atoms with Crippen molar-refractivity contribution in [1.82, 2.24) is 0 Å². The zero-order valence-electron chi connectivity index (χ0n) is 8.19. The van der Waals surface area contributed by atoms with E-state index < -0.39 is 11.3 Å². The summed E-state index contributed by atoms with van der Waals surface area (Å²) in [4.78, 5) is 3.33. The molecule has 82 valence electrons. The van der Waals surface area contributed by atoms with Gasteiger partial charge >= 0.3 is 6.18 Å². The molecular weight excluding hydrogens is 227 g/mol. The van der Waals surface area contributed by atoms with Crippen LogP contribution in [0.5, 0.6) is 0 Å². The van der Waals surface area contributed by atoms with Gasteiger partial charge in [-0.25, -0.2) is 4.99 Å². The molecule has 0 saturated carbocycles. The van der Waals surface area contributed by atoms with Gasteiger partial charge < -0.3 is 0 Å². The zero-order chi connectivity index (χ0) is 11.6. The van der Waals surface area contributed by atoms with E-state index in [-0.39, 0.29) is 5.69 Å². The van der Waals surface area contributed by atoms with Crippen LogP contribution in [-0.4, -0.2) is 11.3 Å². The van der Waals surface area contributed by atoms with Crippen LogP contribution in [0.3, 0.4) is 0 Å². The molecule has 0 N–H and O–H groups in total. The largest absolute Gasteiger partial charge is 0.444 e. The van der Waals surface area contributed by atoms with Crippen molar-refractivity contribution in [3.05, 3.63) is 29.3 Å². The van der Waals surface area contributed by atoms with E-state index in [1.807, 2.05) is 6.92 Å². The molecule has 1 rings (SSSR count). The van der Waals surface area contributed by atoms with Gasteiger partial charge in [0.05, 0.1) is 5.69 Å². The molecule has 0 heterocycles. The van der Waals surface area contributed by atoms with Crippen LogP contribution in [0, 0.1) is 13.8 Å². The fourth-order valence-corrected chi connectivity index (χ4v) is 1.19. The Balaban J connectivity index is 3.09. The van der Waals surface area contributed by atoms with Gasteiger partial charge in [0.1, 0.15) is 0 Å². The number of halogens is 4. The summed E-state index contributed by atoms with van der Waals surface area (Å²) in [6, 6.07) is 4.95. The average Bonchev–Trinajstić information content (AvgIpc) is 2.08. The van der Waals surface area contributed by atoms with Crippen LogP contribution >= 0.6 is 11.6 Å². The predicted octanol–water partition coefficient (Wildman–Crippen LogP) is 4.13. The van der Waals surface area contributed by atoms with E-state index in [1.165, 1.54) is 6.07 Å². The van der Waals surface area contributed by atoms with Crippen molar-refractivity contribution in [2.24, 2.45) is 4.99 Å². The molecule has 1 nitrogen and oxygen atoms in total. The molecule has 0 bridgehead atoms. The Kier molecular flexibility index (Phi) is 3.39. The molecule has 0 aromatic heterocycles. The Morgan fingerprint density at radius 2 is 1.87 bits per heavy atom. The third-order valence-corrected chi connectivity index (χ3v) is 2.10. The first-order chi connectivity index (χ1) is 6.80. The number of rotatable bonds is 1. The summed E-state index contributed by atoms with van der Waals surface area (Å²) in [6.45, 7) is 3.54. The van der Waals surface area contributed by atoms with E-state index in [2.05, 4.69) is 4.99 Å². The van der Waals surface area contributed by atoms with Gasteiger partial charge in [0.15, 0.2) is 0 Å². The van der Waals surface area contributed by atoms with Gasteiger partial charge in [-0.2, -0.15) is 13.2 Å². The lowest BCUT2D eigenvalue weighted by Gasteiger charge is -2.05. The van der Waals surface area contributed by atoms with E-state index in [0.717, 1.165) is 5.56 Å². The molecule has 0 aliphatic heterocycles. The Bertz CT molecular complexity index is 396. The minimum atomic E-state index is -4.58. The molecule has 1 aromatic rings. The van der Waals surface area contributed by atoms with Crippen LogP contribution in [-0.2, 0) is 0 Å². The van der Waals surface area contributed by atoms with Crippen LogP contribution < -0.4 is 0 Å². The maximum atomic E-state index is 12.1. The predicted molar refractivity (Wildman–Crippen MR) is 54.9 cm³/mol. The lowest BCUT2D eigenvalue weighted by Crippen LogP contribution is -2.16. The highest BCUT2D eigenvalue weighted by Gasteiger charge is 2.34. The first-order valence-corrected chi connectivity index (χ1v) is 4.57. The van der Waals surface area contributed by atoms with Crippen LogP contribution in [0.25, 0.3) is 0 Å². The lowest BCUT2D eigenvalue weighted by atomic mass is 10.1. The first kappa shape index (κ1) is 12.0. The number of hydrogen-bond donors (Lipinski definition) is 0. The van der Waals surface area contributed by atoms with Crippen molar-refractivity contribution in [1.29, 1.82) is 0 Å². The molecule has 0 fully saturated rings. The average molecular weight is 236 g/mol. The fourth-order valence-electron chi connectivity index (χ4n) is 1.10. The highest BCUT2D eigenvalue weighted by atomic mass is 35.5. The first-order valence-electron chi connectivity index (χ1n) is 4.19. The second-order valence-electron chi connectivity index (χ2n) is 3.19. The van der Waals surface area contributed by atoms with E-state index in [4.69, 9.17) is 11.6 Å². The number of aryl methyl sites for hydroxylation is 2. The number of nitrogens with zero attached hydrogens (tertiary/aromatic N) is 1. The smallest absolute Gasteiger partial charge is 0.232 e. The standard InChI is InChI=1S/C10H9ClF3N/c1-6-3-4-8(7(2)5-6)15-9(11)10(12,13)14/h3-5H,1-2H3. The summed E-state index contributed by atoms with van der Waals surface area (Å²) in [7, 11) is 0. The molecule has 0 amide bonds. The van der Waals surface area contributed by atoms with E-state index in [0.29, 0.717) is 5.56 Å². The third kappa shape index (κ3) is 3.23. The van der Waals surface area contributed by atoms with Crippen molar-refractivity contribution >= 4 is 22.5 Å². The van der Waals surface area contributed by atoms with E-state index in [9.17, 15) is 13.2 Å². The van der Waals surface area contributed by atoms with Gasteiger partial charge in [-0.1, -0.05) is 29.3 Å². The molecule has 5 heteroatoms. The summed E-state index contributed by atoms with van der Waals surface area (Å²) in [5.41, 5.74) is 1.87. The maximum Gasteiger partial charge on any atom is 0.444 e. The molecule has 0 saturated heterocycles. The minimum Gasteiger partial charge on any atom is -0.232 e. The van der Waals surface area contributed by atoms with Gasteiger partial charge in [-0.15, -0.1) is 0 Å². The summed E-state index contributed by atoms with van der Waals surface area (Å²) >= 11 is 5.03. The molecule has 0 spiro atoms. The van der Waals surface area contributed by atoms with Crippen molar-refractivity contribution in [2.45, 2.75) is 20.0 Å². The van der Waals surface area contributed by atoms with E-state index in [1.54, 1.807) is 19.1 Å². The quantitative estimate of drug-likeness (QED) is 0.649. The van der Waals surface area contributed by atoms with Crippen LogP contribution in [0.1, 0.15) is 11.1 Å². The molecule has 0 radical (unpaired) electrons. The second-order valence-corrected chi connectivity index (χ2v) is 3.55. The highest BCUT2D eigenvalue weighted by Crippen LogP contribution is 2.26. The zero-order valence-corrected chi connectivity index (χ0v) is 8.95. The summed E-state index contributed by atoms with van der Waals surface area (Å²) in [6.07, 6.45) is -4.58. The molecule has 0 unspecified atom stereocenters. The third-order valence-electron chi connectivity index (χ3n) is 1.80. The van der Waals surface area contributed by atoms with Crippen LogP contribution in [0.15, 0.2) is 23.2 Å². The Hall–Kier alpha value is -1.03. The van der Waals surface area contributed by atoms with Gasteiger partial charge in [0.25, 0.3) is 0 Å². The Labute approximate surface area is 90.6 Å². The minimum absolute atomic E-state index is 0.239. The van der Waals surface area contributed by atoms with Crippen LogP contribution in [0.4, 0.5) is 18.9 Å². The van der Waals surface area contributed by atoms with Crippen molar-refractivity contribution in [3.63, 3.8) is 0 Å². The molecular formula is C10H9ClF3N. The van der Waals surface area contributed by atoms with Gasteiger partial charge in [0.2, 0.25) is 5.17 Å². The molecule has 15 heavy (non-hydrogen) atoms. The normalized spacial score (nSPS) is 13.1. The highest BCUT2D eigenvalue weighted by molar-refractivity contribution is 6.67. The fraction of sp³-hybridized carbons (Fsp3) is 0.300.